The number of sulfonamides is 1. The van der Waals surface area contributed by atoms with E-state index in [2.05, 4.69) is 0 Å². The lowest BCUT2D eigenvalue weighted by Gasteiger charge is -2.24. The van der Waals surface area contributed by atoms with Gasteiger partial charge in [-0.3, -0.25) is 0 Å². The van der Waals surface area contributed by atoms with Crippen LogP contribution >= 0.6 is 0 Å². The molecule has 0 saturated carbocycles. The molecule has 0 amide bonds. The van der Waals surface area contributed by atoms with E-state index in [0.717, 1.165) is 11.8 Å². The molecule has 9 heteroatoms. The fourth-order valence-electron chi connectivity index (χ4n) is 2.77. The predicted molar refractivity (Wildman–Crippen MR) is 112 cm³/mol. The highest BCUT2D eigenvalue weighted by Gasteiger charge is 2.26. The Hall–Kier alpha value is -2.10. The minimum atomic E-state index is -3.76. The summed E-state index contributed by atoms with van der Waals surface area (Å²) in [6.07, 6.45) is 0.937. The monoisotopic (exact) mass is 441 g/mol. The second-order valence-electron chi connectivity index (χ2n) is 7.28. The number of hydrogen-bond donors (Lipinski definition) is 0. The van der Waals surface area contributed by atoms with Gasteiger partial charge in [0, 0.05) is 13.1 Å². The quantitative estimate of drug-likeness (QED) is 0.555. The third-order valence-electron chi connectivity index (χ3n) is 4.06. The second-order valence-corrected chi connectivity index (χ2v) is 10.8. The van der Waals surface area contributed by atoms with Crippen LogP contribution in [0.2, 0.25) is 0 Å². The Bertz CT molecular complexity index is 1040. The second kappa shape index (κ2) is 9.15. The van der Waals surface area contributed by atoms with Crippen molar-refractivity contribution >= 4 is 20.1 Å². The van der Waals surface area contributed by atoms with Gasteiger partial charge in [-0.2, -0.15) is 12.7 Å². The molecule has 2 aromatic carbocycles. The maximum Gasteiger partial charge on any atom is 0.306 e. The van der Waals surface area contributed by atoms with Crippen LogP contribution < -0.4 is 8.92 Å². The maximum atomic E-state index is 13.2. The van der Waals surface area contributed by atoms with E-state index in [1.165, 1.54) is 17.5 Å². The van der Waals surface area contributed by atoms with Crippen LogP contribution in [-0.2, 0) is 26.7 Å². The van der Waals surface area contributed by atoms with Crippen molar-refractivity contribution in [2.45, 2.75) is 32.2 Å². The van der Waals surface area contributed by atoms with E-state index >= 15 is 0 Å². The lowest BCUT2D eigenvalue weighted by atomic mass is 10.2. The summed E-state index contributed by atoms with van der Waals surface area (Å²) in [5.41, 5.74) is 1.55. The standard InChI is InChI=1S/C20H27NO6S2/c1-15(2)13-21(29(24,25)18-9-6-16(3)7-10-18)14-17-8-11-19(26-4)20(12-17)27-28(5,22)23/h6-12,15H,13-14H2,1-5H3. The summed E-state index contributed by atoms with van der Waals surface area (Å²) in [6, 6.07) is 11.4. The molecule has 0 fully saturated rings. The van der Waals surface area contributed by atoms with Gasteiger partial charge in [-0.15, -0.1) is 0 Å². The van der Waals surface area contributed by atoms with E-state index < -0.39 is 20.1 Å². The third kappa shape index (κ3) is 6.45. The van der Waals surface area contributed by atoms with Gasteiger partial charge in [0.1, 0.15) is 0 Å². The van der Waals surface area contributed by atoms with Crippen LogP contribution in [0.5, 0.6) is 11.5 Å². The number of benzene rings is 2. The summed E-state index contributed by atoms with van der Waals surface area (Å²) >= 11 is 0. The zero-order chi connectivity index (χ0) is 21.8. The first-order valence-corrected chi connectivity index (χ1v) is 12.3. The molecule has 0 spiro atoms. The Morgan fingerprint density at radius 1 is 0.966 bits per heavy atom. The summed E-state index contributed by atoms with van der Waals surface area (Å²) in [4.78, 5) is 0.213. The molecule has 0 aliphatic carbocycles. The lowest BCUT2D eigenvalue weighted by Crippen LogP contribution is -2.33. The molecule has 7 nitrogen and oxygen atoms in total. The first kappa shape index (κ1) is 23.2. The lowest BCUT2D eigenvalue weighted by molar-refractivity contribution is 0.360. The number of rotatable bonds is 9. The van der Waals surface area contributed by atoms with Crippen molar-refractivity contribution in [1.29, 1.82) is 0 Å². The van der Waals surface area contributed by atoms with Crippen LogP contribution in [0.15, 0.2) is 47.4 Å². The minimum Gasteiger partial charge on any atom is -0.493 e. The minimum absolute atomic E-state index is 0.0183. The average molecular weight is 442 g/mol. The summed E-state index contributed by atoms with van der Waals surface area (Å²) in [5.74, 6) is 0.362. The van der Waals surface area contributed by atoms with E-state index in [0.29, 0.717) is 12.1 Å². The van der Waals surface area contributed by atoms with Gasteiger partial charge in [0.15, 0.2) is 11.5 Å². The summed E-state index contributed by atoms with van der Waals surface area (Å²) < 4.78 is 61.0. The number of nitrogens with zero attached hydrogens (tertiary/aromatic N) is 1. The van der Waals surface area contributed by atoms with Crippen LogP contribution in [0.4, 0.5) is 0 Å². The van der Waals surface area contributed by atoms with E-state index in [1.807, 2.05) is 20.8 Å². The maximum absolute atomic E-state index is 13.2. The molecule has 0 bridgehead atoms. The number of methoxy groups -OCH3 is 1. The Balaban J connectivity index is 2.42. The third-order valence-corrected chi connectivity index (χ3v) is 6.36. The van der Waals surface area contributed by atoms with E-state index in [4.69, 9.17) is 8.92 Å². The highest BCUT2D eigenvalue weighted by Crippen LogP contribution is 2.30. The molecule has 0 unspecified atom stereocenters. The average Bonchev–Trinajstić information content (AvgIpc) is 2.60. The van der Waals surface area contributed by atoms with E-state index in [1.54, 1.807) is 36.4 Å². The van der Waals surface area contributed by atoms with Crippen molar-refractivity contribution in [1.82, 2.24) is 4.31 Å². The van der Waals surface area contributed by atoms with E-state index in [9.17, 15) is 16.8 Å². The normalized spacial score (nSPS) is 12.4. The SMILES string of the molecule is COc1ccc(CN(CC(C)C)S(=O)(=O)c2ccc(C)cc2)cc1OS(C)(=O)=O. The molecule has 29 heavy (non-hydrogen) atoms. The largest absolute Gasteiger partial charge is 0.493 e. The van der Waals surface area contributed by atoms with E-state index in [-0.39, 0.29) is 28.9 Å². The van der Waals surface area contributed by atoms with Gasteiger partial charge >= 0.3 is 10.1 Å². The molecule has 160 valence electrons. The molecular weight excluding hydrogens is 414 g/mol. The van der Waals surface area contributed by atoms with Crippen LogP contribution in [0.1, 0.15) is 25.0 Å². The number of ether oxygens (including phenoxy) is 1. The van der Waals surface area contributed by atoms with Crippen LogP contribution in [0.3, 0.4) is 0 Å². The number of aryl methyl sites for hydroxylation is 1. The first-order valence-electron chi connectivity index (χ1n) is 9.05. The summed E-state index contributed by atoms with van der Waals surface area (Å²) in [5, 5.41) is 0. The molecule has 0 heterocycles. The van der Waals surface area contributed by atoms with Gasteiger partial charge in [-0.05, 0) is 42.7 Å². The fraction of sp³-hybridized carbons (Fsp3) is 0.400. The van der Waals surface area contributed by atoms with Crippen molar-refractivity contribution in [2.75, 3.05) is 19.9 Å². The highest BCUT2D eigenvalue weighted by atomic mass is 32.2. The van der Waals surface area contributed by atoms with Crippen molar-refractivity contribution in [2.24, 2.45) is 5.92 Å². The Morgan fingerprint density at radius 2 is 1.59 bits per heavy atom. The van der Waals surface area contributed by atoms with Crippen molar-refractivity contribution in [3.63, 3.8) is 0 Å². The van der Waals surface area contributed by atoms with Gasteiger partial charge in [-0.1, -0.05) is 37.6 Å². The smallest absolute Gasteiger partial charge is 0.306 e. The molecule has 0 saturated heterocycles. The molecule has 0 N–H and O–H groups in total. The Kier molecular flexibility index (Phi) is 7.31. The molecule has 0 atom stereocenters. The summed E-state index contributed by atoms with van der Waals surface area (Å²) in [7, 11) is -6.09. The molecule has 2 aromatic rings. The molecule has 0 aliphatic heterocycles. The summed E-state index contributed by atoms with van der Waals surface area (Å²) in [6.45, 7) is 6.14. The molecule has 0 aromatic heterocycles. The fourth-order valence-corrected chi connectivity index (χ4v) is 4.81. The highest BCUT2D eigenvalue weighted by molar-refractivity contribution is 7.89. The van der Waals surface area contributed by atoms with Crippen molar-refractivity contribution in [3.8, 4) is 11.5 Å². The van der Waals surface area contributed by atoms with Gasteiger partial charge in [0.25, 0.3) is 0 Å². The molecule has 0 aliphatic rings. The van der Waals surface area contributed by atoms with Crippen LogP contribution in [0, 0.1) is 12.8 Å². The topological polar surface area (TPSA) is 90.0 Å². The van der Waals surface area contributed by atoms with Crippen molar-refractivity contribution < 1.29 is 25.8 Å². The zero-order valence-corrected chi connectivity index (χ0v) is 18.9. The van der Waals surface area contributed by atoms with Gasteiger partial charge < -0.3 is 8.92 Å². The number of hydrogen-bond acceptors (Lipinski definition) is 6. The Morgan fingerprint density at radius 3 is 2.10 bits per heavy atom. The predicted octanol–water partition coefficient (Wildman–Crippen LogP) is 3.19. The Labute approximate surface area is 173 Å². The van der Waals surface area contributed by atoms with Gasteiger partial charge in [0.2, 0.25) is 10.0 Å². The first-order chi connectivity index (χ1) is 13.4. The van der Waals surface area contributed by atoms with Gasteiger partial charge in [-0.25, -0.2) is 8.42 Å². The van der Waals surface area contributed by atoms with Crippen LogP contribution in [-0.4, -0.2) is 41.1 Å². The zero-order valence-electron chi connectivity index (χ0n) is 17.2. The van der Waals surface area contributed by atoms with Crippen molar-refractivity contribution in [3.05, 3.63) is 53.6 Å². The molecule has 2 rings (SSSR count). The molecule has 0 radical (unpaired) electrons. The van der Waals surface area contributed by atoms with Crippen LogP contribution in [0.25, 0.3) is 0 Å². The molecular formula is C20H27NO6S2. The van der Waals surface area contributed by atoms with Gasteiger partial charge in [0.05, 0.1) is 18.3 Å².